The van der Waals surface area contributed by atoms with Crippen molar-refractivity contribution >= 4 is 11.9 Å². The Labute approximate surface area is 137 Å². The van der Waals surface area contributed by atoms with Crippen LogP contribution in [0.2, 0.25) is 0 Å². The molecular weight excluding hydrogens is 290 g/mol. The highest BCUT2D eigenvalue weighted by Crippen LogP contribution is 2.25. The normalized spacial score (nSPS) is 11.0. The second kappa shape index (κ2) is 7.49. The van der Waals surface area contributed by atoms with Crippen LogP contribution < -0.4 is 9.47 Å². The molecule has 4 nitrogen and oxygen atoms in total. The molecule has 0 bridgehead atoms. The maximum atomic E-state index is 12.7. The smallest absolute Gasteiger partial charge is 0.209 e. The van der Waals surface area contributed by atoms with E-state index in [0.29, 0.717) is 22.8 Å². The Kier molecular flexibility index (Phi) is 5.41. The van der Waals surface area contributed by atoms with Gasteiger partial charge in [0.1, 0.15) is 11.5 Å². The van der Waals surface area contributed by atoms with Crippen molar-refractivity contribution in [3.05, 3.63) is 65.4 Å². The van der Waals surface area contributed by atoms with Gasteiger partial charge in [0.05, 0.1) is 19.9 Å². The first-order valence-electron chi connectivity index (χ1n) is 7.27. The largest absolute Gasteiger partial charge is 0.497 e. The van der Waals surface area contributed by atoms with E-state index in [1.807, 2.05) is 62.6 Å². The fraction of sp³-hybridized carbons (Fsp3) is 0.211. The van der Waals surface area contributed by atoms with Gasteiger partial charge in [0.25, 0.3) is 0 Å². The summed E-state index contributed by atoms with van der Waals surface area (Å²) in [7, 11) is 6.91. The van der Waals surface area contributed by atoms with E-state index in [1.165, 1.54) is 0 Å². The third-order valence-corrected chi connectivity index (χ3v) is 3.43. The Bertz CT molecular complexity index is 684. The van der Waals surface area contributed by atoms with E-state index in [2.05, 4.69) is 0 Å². The summed E-state index contributed by atoms with van der Waals surface area (Å²) in [5.41, 5.74) is 2.09. The lowest BCUT2D eigenvalue weighted by molar-refractivity contribution is 0.101. The first kappa shape index (κ1) is 16.6. The highest BCUT2D eigenvalue weighted by molar-refractivity contribution is 6.10. The SMILES string of the molecule is COc1cc(C=C(C(=O)c2ccccc2)N(C)C)cc(OC)c1. The number of allylic oxidation sites excluding steroid dienone is 1. The summed E-state index contributed by atoms with van der Waals surface area (Å²) in [5.74, 6) is 1.33. The number of Topliss-reactive ketones (excluding diaryl/α,β-unsaturated/α-hetero) is 1. The molecule has 23 heavy (non-hydrogen) atoms. The average molecular weight is 311 g/mol. The minimum absolute atomic E-state index is 0.0302. The van der Waals surface area contributed by atoms with Gasteiger partial charge >= 0.3 is 0 Å². The zero-order chi connectivity index (χ0) is 16.8. The molecule has 120 valence electrons. The molecule has 0 fully saturated rings. The third-order valence-electron chi connectivity index (χ3n) is 3.43. The zero-order valence-corrected chi connectivity index (χ0v) is 13.9. The fourth-order valence-electron chi connectivity index (χ4n) is 2.21. The highest BCUT2D eigenvalue weighted by atomic mass is 16.5. The second-order valence-electron chi connectivity index (χ2n) is 5.27. The van der Waals surface area contributed by atoms with Crippen LogP contribution in [-0.4, -0.2) is 39.0 Å². The average Bonchev–Trinajstić information content (AvgIpc) is 2.59. The van der Waals surface area contributed by atoms with Crippen molar-refractivity contribution in [2.24, 2.45) is 0 Å². The molecule has 2 aromatic rings. The van der Waals surface area contributed by atoms with Gasteiger partial charge in [0, 0.05) is 25.7 Å². The van der Waals surface area contributed by atoms with Crippen LogP contribution in [0.1, 0.15) is 15.9 Å². The monoisotopic (exact) mass is 311 g/mol. The molecule has 0 heterocycles. The molecular formula is C19H21NO3. The Morgan fingerprint density at radius 2 is 1.52 bits per heavy atom. The van der Waals surface area contributed by atoms with Crippen LogP contribution in [0.25, 0.3) is 6.08 Å². The van der Waals surface area contributed by atoms with Crippen LogP contribution in [-0.2, 0) is 0 Å². The molecule has 0 amide bonds. The van der Waals surface area contributed by atoms with E-state index in [1.54, 1.807) is 25.2 Å². The maximum absolute atomic E-state index is 12.7. The van der Waals surface area contributed by atoms with Crippen LogP contribution in [0.4, 0.5) is 0 Å². The van der Waals surface area contributed by atoms with Crippen molar-refractivity contribution in [3.63, 3.8) is 0 Å². The number of rotatable bonds is 6. The van der Waals surface area contributed by atoms with Crippen LogP contribution in [0.5, 0.6) is 11.5 Å². The quantitative estimate of drug-likeness (QED) is 0.605. The summed E-state index contributed by atoms with van der Waals surface area (Å²) < 4.78 is 10.6. The lowest BCUT2D eigenvalue weighted by Crippen LogP contribution is -2.19. The molecule has 0 aliphatic rings. The summed E-state index contributed by atoms with van der Waals surface area (Å²) >= 11 is 0. The van der Waals surface area contributed by atoms with Crippen molar-refractivity contribution < 1.29 is 14.3 Å². The van der Waals surface area contributed by atoms with Gasteiger partial charge in [0.2, 0.25) is 5.78 Å². The van der Waals surface area contributed by atoms with E-state index in [4.69, 9.17) is 9.47 Å². The van der Waals surface area contributed by atoms with Gasteiger partial charge in [-0.2, -0.15) is 0 Å². The van der Waals surface area contributed by atoms with Gasteiger partial charge in [-0.1, -0.05) is 30.3 Å². The number of carbonyl (C=O) groups excluding carboxylic acids is 1. The van der Waals surface area contributed by atoms with E-state index in [0.717, 1.165) is 5.56 Å². The molecule has 2 rings (SSSR count). The van der Waals surface area contributed by atoms with Gasteiger partial charge in [-0.15, -0.1) is 0 Å². The van der Waals surface area contributed by atoms with Crippen LogP contribution in [0, 0.1) is 0 Å². The van der Waals surface area contributed by atoms with Crippen LogP contribution in [0.15, 0.2) is 54.2 Å². The Hall–Kier alpha value is -2.75. The number of nitrogens with zero attached hydrogens (tertiary/aromatic N) is 1. The van der Waals surface area contributed by atoms with Crippen molar-refractivity contribution in [2.75, 3.05) is 28.3 Å². The summed E-state index contributed by atoms with van der Waals surface area (Å²) in [6, 6.07) is 14.8. The molecule has 0 saturated carbocycles. The van der Waals surface area contributed by atoms with E-state index < -0.39 is 0 Å². The Balaban J connectivity index is 2.45. The van der Waals surface area contributed by atoms with E-state index in [9.17, 15) is 4.79 Å². The lowest BCUT2D eigenvalue weighted by atomic mass is 10.0. The standard InChI is InChI=1S/C19H21NO3/c1-20(2)18(19(21)15-8-6-5-7-9-15)12-14-10-16(22-3)13-17(11-14)23-4/h5-13H,1-4H3. The number of ketones is 1. The Morgan fingerprint density at radius 3 is 2.00 bits per heavy atom. The molecule has 0 N–H and O–H groups in total. The molecule has 4 heteroatoms. The molecule has 0 aliphatic carbocycles. The number of carbonyl (C=O) groups is 1. The first-order chi connectivity index (χ1) is 11.0. The summed E-state index contributed by atoms with van der Waals surface area (Å²) in [4.78, 5) is 14.5. The van der Waals surface area contributed by atoms with Gasteiger partial charge in [-0.3, -0.25) is 4.79 Å². The molecule has 0 saturated heterocycles. The molecule has 2 aromatic carbocycles. The maximum Gasteiger partial charge on any atom is 0.209 e. The van der Waals surface area contributed by atoms with E-state index in [-0.39, 0.29) is 5.78 Å². The molecule has 0 unspecified atom stereocenters. The number of benzene rings is 2. The number of hydrogen-bond donors (Lipinski definition) is 0. The van der Waals surface area contributed by atoms with E-state index >= 15 is 0 Å². The van der Waals surface area contributed by atoms with Crippen molar-refractivity contribution in [1.82, 2.24) is 4.90 Å². The van der Waals surface area contributed by atoms with Gasteiger partial charge in [-0.05, 0) is 23.8 Å². The first-order valence-corrected chi connectivity index (χ1v) is 7.27. The van der Waals surface area contributed by atoms with Crippen LogP contribution in [0.3, 0.4) is 0 Å². The van der Waals surface area contributed by atoms with Crippen molar-refractivity contribution in [3.8, 4) is 11.5 Å². The topological polar surface area (TPSA) is 38.8 Å². The third kappa shape index (κ3) is 4.13. The Morgan fingerprint density at radius 1 is 0.957 bits per heavy atom. The number of ether oxygens (including phenoxy) is 2. The van der Waals surface area contributed by atoms with Crippen molar-refractivity contribution in [1.29, 1.82) is 0 Å². The molecule has 0 aromatic heterocycles. The second-order valence-corrected chi connectivity index (χ2v) is 5.27. The molecule has 0 aliphatic heterocycles. The molecule has 0 atom stereocenters. The predicted molar refractivity (Wildman–Crippen MR) is 92.0 cm³/mol. The van der Waals surface area contributed by atoms with Crippen LogP contribution >= 0.6 is 0 Å². The predicted octanol–water partition coefficient (Wildman–Crippen LogP) is 3.49. The van der Waals surface area contributed by atoms with Gasteiger partial charge < -0.3 is 14.4 Å². The number of methoxy groups -OCH3 is 2. The summed E-state index contributed by atoms with van der Waals surface area (Å²) in [5, 5.41) is 0. The fourth-order valence-corrected chi connectivity index (χ4v) is 2.21. The lowest BCUT2D eigenvalue weighted by Gasteiger charge is -2.17. The minimum Gasteiger partial charge on any atom is -0.497 e. The summed E-state index contributed by atoms with van der Waals surface area (Å²) in [6.07, 6.45) is 1.83. The summed E-state index contributed by atoms with van der Waals surface area (Å²) in [6.45, 7) is 0. The molecule has 0 radical (unpaired) electrons. The van der Waals surface area contributed by atoms with Gasteiger partial charge in [0.15, 0.2) is 0 Å². The number of hydrogen-bond acceptors (Lipinski definition) is 4. The molecule has 0 spiro atoms. The van der Waals surface area contributed by atoms with Gasteiger partial charge in [-0.25, -0.2) is 0 Å². The number of likely N-dealkylation sites (N-methyl/N-ethyl adjacent to an activating group) is 1. The zero-order valence-electron chi connectivity index (χ0n) is 13.9. The van der Waals surface area contributed by atoms with Crippen molar-refractivity contribution in [2.45, 2.75) is 0 Å². The highest BCUT2D eigenvalue weighted by Gasteiger charge is 2.14. The minimum atomic E-state index is -0.0302.